The maximum absolute atomic E-state index is 12.3. The summed E-state index contributed by atoms with van der Waals surface area (Å²) >= 11 is 0. The van der Waals surface area contributed by atoms with Crippen LogP contribution in [0.2, 0.25) is 0 Å². The molecule has 1 N–H and O–H groups in total. The van der Waals surface area contributed by atoms with Crippen LogP contribution in [0, 0.1) is 11.3 Å². The highest BCUT2D eigenvalue weighted by molar-refractivity contribution is 6.17. The minimum Gasteiger partial charge on any atom is -0.509 e. The van der Waals surface area contributed by atoms with Crippen molar-refractivity contribution in [3.05, 3.63) is 41.2 Å². The molecule has 1 aliphatic rings. The second-order valence-electron chi connectivity index (χ2n) is 4.59. The summed E-state index contributed by atoms with van der Waals surface area (Å²) in [7, 11) is 1.49. The number of hydrogen-bond acceptors (Lipinski definition) is 6. The SMILES string of the molecule is CCOC(=O)C1=C(O)CN(c2ccc(C#N)cc2)N(C)C1=O. The Bertz CT molecular complexity index is 673. The zero-order chi connectivity index (χ0) is 16.3. The summed E-state index contributed by atoms with van der Waals surface area (Å²) in [6, 6.07) is 8.53. The Morgan fingerprint density at radius 3 is 2.59 bits per heavy atom. The maximum Gasteiger partial charge on any atom is 0.347 e. The number of benzene rings is 1. The van der Waals surface area contributed by atoms with Crippen molar-refractivity contribution < 1.29 is 19.4 Å². The minimum atomic E-state index is -0.837. The molecule has 0 radical (unpaired) electrons. The van der Waals surface area contributed by atoms with Crippen molar-refractivity contribution in [2.45, 2.75) is 6.92 Å². The van der Waals surface area contributed by atoms with Gasteiger partial charge in [-0.05, 0) is 31.2 Å². The highest BCUT2D eigenvalue weighted by atomic mass is 16.5. The van der Waals surface area contributed by atoms with Crippen molar-refractivity contribution >= 4 is 17.6 Å². The molecule has 1 aromatic rings. The summed E-state index contributed by atoms with van der Waals surface area (Å²) in [6.07, 6.45) is 0. The monoisotopic (exact) mass is 301 g/mol. The van der Waals surface area contributed by atoms with Gasteiger partial charge in [-0.25, -0.2) is 4.79 Å². The first-order valence-electron chi connectivity index (χ1n) is 6.64. The molecule has 2 rings (SSSR count). The lowest BCUT2D eigenvalue weighted by molar-refractivity contribution is -0.142. The molecular weight excluding hydrogens is 286 g/mol. The number of amides is 1. The molecule has 0 saturated carbocycles. The van der Waals surface area contributed by atoms with Gasteiger partial charge in [-0.2, -0.15) is 5.26 Å². The number of anilines is 1. The molecule has 7 nitrogen and oxygen atoms in total. The Labute approximate surface area is 127 Å². The molecule has 1 aliphatic heterocycles. The van der Waals surface area contributed by atoms with Crippen LogP contribution in [0.3, 0.4) is 0 Å². The van der Waals surface area contributed by atoms with Gasteiger partial charge in [0.15, 0.2) is 5.57 Å². The standard InChI is InChI=1S/C15H15N3O4/c1-3-22-15(21)13-12(19)9-18(17(2)14(13)20)11-6-4-10(8-16)5-7-11/h4-7,19H,3,9H2,1-2H3. The van der Waals surface area contributed by atoms with Crippen LogP contribution >= 0.6 is 0 Å². The third kappa shape index (κ3) is 2.72. The molecule has 0 bridgehead atoms. The van der Waals surface area contributed by atoms with Gasteiger partial charge in [0, 0.05) is 7.05 Å². The Kier molecular flexibility index (Phi) is 4.32. The summed E-state index contributed by atoms with van der Waals surface area (Å²) in [4.78, 5) is 24.0. The summed E-state index contributed by atoms with van der Waals surface area (Å²) in [5.74, 6) is -1.83. The molecule has 114 valence electrons. The van der Waals surface area contributed by atoms with Crippen LogP contribution in [0.25, 0.3) is 0 Å². The van der Waals surface area contributed by atoms with Crippen molar-refractivity contribution in [2.24, 2.45) is 0 Å². The van der Waals surface area contributed by atoms with Gasteiger partial charge in [0.25, 0.3) is 5.91 Å². The number of ether oxygens (including phenoxy) is 1. The number of carbonyl (C=O) groups is 2. The van der Waals surface area contributed by atoms with Crippen molar-refractivity contribution in [1.29, 1.82) is 5.26 Å². The maximum atomic E-state index is 12.3. The topological polar surface area (TPSA) is 93.9 Å². The highest BCUT2D eigenvalue weighted by Crippen LogP contribution is 2.24. The summed E-state index contributed by atoms with van der Waals surface area (Å²) in [5, 5.41) is 21.5. The van der Waals surface area contributed by atoms with Crippen LogP contribution in [0.1, 0.15) is 12.5 Å². The van der Waals surface area contributed by atoms with Gasteiger partial charge in [-0.15, -0.1) is 0 Å². The van der Waals surface area contributed by atoms with E-state index in [1.807, 2.05) is 6.07 Å². The lowest BCUT2D eigenvalue weighted by Crippen LogP contribution is -2.51. The fourth-order valence-electron chi connectivity index (χ4n) is 2.10. The average Bonchev–Trinajstić information content (AvgIpc) is 2.51. The number of aliphatic hydroxyl groups is 1. The Morgan fingerprint density at radius 2 is 2.05 bits per heavy atom. The van der Waals surface area contributed by atoms with E-state index in [0.717, 1.165) is 0 Å². The lowest BCUT2D eigenvalue weighted by Gasteiger charge is -2.37. The van der Waals surface area contributed by atoms with E-state index in [0.29, 0.717) is 11.3 Å². The molecule has 0 atom stereocenters. The molecule has 0 aromatic heterocycles. The fourth-order valence-corrected chi connectivity index (χ4v) is 2.10. The Hall–Kier alpha value is -3.01. The molecule has 7 heteroatoms. The number of hydrazine groups is 1. The minimum absolute atomic E-state index is 0.0394. The van der Waals surface area contributed by atoms with E-state index in [1.165, 1.54) is 17.1 Å². The van der Waals surface area contributed by atoms with Crippen LogP contribution < -0.4 is 5.01 Å². The number of carbonyl (C=O) groups excluding carboxylic acids is 2. The predicted molar refractivity (Wildman–Crippen MR) is 77.6 cm³/mol. The second-order valence-corrected chi connectivity index (χ2v) is 4.59. The third-order valence-electron chi connectivity index (χ3n) is 3.23. The highest BCUT2D eigenvalue weighted by Gasteiger charge is 2.35. The number of hydrogen-bond donors (Lipinski definition) is 1. The largest absolute Gasteiger partial charge is 0.509 e. The molecule has 0 unspecified atom stereocenters. The molecule has 22 heavy (non-hydrogen) atoms. The van der Waals surface area contributed by atoms with E-state index in [4.69, 9.17) is 10.00 Å². The summed E-state index contributed by atoms with van der Waals surface area (Å²) in [5.41, 5.74) is 0.750. The van der Waals surface area contributed by atoms with E-state index < -0.39 is 11.9 Å². The molecule has 0 fully saturated rings. The van der Waals surface area contributed by atoms with Crippen molar-refractivity contribution in [1.82, 2.24) is 5.01 Å². The molecule has 1 heterocycles. The number of likely N-dealkylation sites (N-methyl/N-ethyl adjacent to an activating group) is 1. The van der Waals surface area contributed by atoms with E-state index in [1.54, 1.807) is 31.2 Å². The number of nitriles is 1. The third-order valence-corrected chi connectivity index (χ3v) is 3.23. The number of esters is 1. The van der Waals surface area contributed by atoms with Crippen LogP contribution in [0.5, 0.6) is 0 Å². The van der Waals surface area contributed by atoms with Crippen molar-refractivity contribution in [3.8, 4) is 6.07 Å². The number of rotatable bonds is 3. The summed E-state index contributed by atoms with van der Waals surface area (Å²) in [6.45, 7) is 1.70. The Morgan fingerprint density at radius 1 is 1.41 bits per heavy atom. The van der Waals surface area contributed by atoms with E-state index in [-0.39, 0.29) is 24.5 Å². The smallest absolute Gasteiger partial charge is 0.347 e. The van der Waals surface area contributed by atoms with Crippen LogP contribution in [-0.2, 0) is 14.3 Å². The zero-order valence-corrected chi connectivity index (χ0v) is 12.2. The van der Waals surface area contributed by atoms with Gasteiger partial charge in [0.2, 0.25) is 0 Å². The van der Waals surface area contributed by atoms with E-state index in [2.05, 4.69) is 0 Å². The molecule has 1 amide bonds. The van der Waals surface area contributed by atoms with Gasteiger partial charge in [0.1, 0.15) is 5.76 Å². The van der Waals surface area contributed by atoms with E-state index >= 15 is 0 Å². The molecule has 0 aliphatic carbocycles. The second kappa shape index (κ2) is 6.18. The van der Waals surface area contributed by atoms with Crippen LogP contribution in [0.4, 0.5) is 5.69 Å². The van der Waals surface area contributed by atoms with E-state index in [9.17, 15) is 14.7 Å². The first-order chi connectivity index (χ1) is 10.5. The number of aliphatic hydroxyl groups excluding tert-OH is 1. The quantitative estimate of drug-likeness (QED) is 0.664. The van der Waals surface area contributed by atoms with Gasteiger partial charge >= 0.3 is 5.97 Å². The van der Waals surface area contributed by atoms with Gasteiger partial charge < -0.3 is 9.84 Å². The number of nitrogens with zero attached hydrogens (tertiary/aromatic N) is 3. The van der Waals surface area contributed by atoms with Crippen molar-refractivity contribution in [2.75, 3.05) is 25.2 Å². The predicted octanol–water partition coefficient (Wildman–Crippen LogP) is 1.13. The van der Waals surface area contributed by atoms with Crippen molar-refractivity contribution in [3.63, 3.8) is 0 Å². The van der Waals surface area contributed by atoms with Crippen LogP contribution in [0.15, 0.2) is 35.6 Å². The fraction of sp³-hybridized carbons (Fsp3) is 0.267. The molecule has 1 aromatic carbocycles. The van der Waals surface area contributed by atoms with Gasteiger partial charge in [-0.3, -0.25) is 14.8 Å². The lowest BCUT2D eigenvalue weighted by atomic mass is 10.1. The zero-order valence-electron chi connectivity index (χ0n) is 12.2. The molecular formula is C15H15N3O4. The van der Waals surface area contributed by atoms with Gasteiger partial charge in [-0.1, -0.05) is 0 Å². The molecule has 0 saturated heterocycles. The normalized spacial score (nSPS) is 14.9. The molecule has 0 spiro atoms. The van der Waals surface area contributed by atoms with Crippen LogP contribution in [-0.4, -0.2) is 42.2 Å². The first kappa shape index (κ1) is 15.4. The first-order valence-corrected chi connectivity index (χ1v) is 6.64. The average molecular weight is 301 g/mol. The summed E-state index contributed by atoms with van der Waals surface area (Å²) < 4.78 is 4.78. The Balaban J connectivity index is 2.33. The van der Waals surface area contributed by atoms with Gasteiger partial charge in [0.05, 0.1) is 30.5 Å².